The van der Waals surface area contributed by atoms with E-state index in [0.29, 0.717) is 19.4 Å². The second-order valence-electron chi connectivity index (χ2n) is 4.68. The zero-order chi connectivity index (χ0) is 14.4. The van der Waals surface area contributed by atoms with E-state index in [4.69, 9.17) is 5.11 Å². The highest BCUT2D eigenvalue weighted by Gasteiger charge is 2.12. The molecular formula is C14H21NO3S. The van der Waals surface area contributed by atoms with Gasteiger partial charge in [-0.25, -0.2) is 0 Å². The van der Waals surface area contributed by atoms with Crippen LogP contribution in [-0.2, 0) is 11.2 Å². The van der Waals surface area contributed by atoms with Crippen LogP contribution in [0.3, 0.4) is 0 Å². The van der Waals surface area contributed by atoms with Gasteiger partial charge in [-0.15, -0.1) is 11.3 Å². The SMILES string of the molecule is CCc1cc(C(=O)NCCCC(C)C(=O)O)sc1C. The summed E-state index contributed by atoms with van der Waals surface area (Å²) < 4.78 is 0. The van der Waals surface area contributed by atoms with E-state index in [1.165, 1.54) is 21.8 Å². The molecule has 1 unspecified atom stereocenters. The van der Waals surface area contributed by atoms with Crippen molar-refractivity contribution in [3.8, 4) is 0 Å². The first-order valence-electron chi connectivity index (χ1n) is 6.56. The zero-order valence-electron chi connectivity index (χ0n) is 11.7. The van der Waals surface area contributed by atoms with Gasteiger partial charge in [0.05, 0.1) is 10.8 Å². The van der Waals surface area contributed by atoms with Crippen molar-refractivity contribution < 1.29 is 14.7 Å². The fraction of sp³-hybridized carbons (Fsp3) is 0.571. The van der Waals surface area contributed by atoms with Crippen molar-refractivity contribution in [1.29, 1.82) is 0 Å². The molecule has 0 bridgehead atoms. The molecule has 0 aliphatic carbocycles. The van der Waals surface area contributed by atoms with Gasteiger partial charge in [0.15, 0.2) is 0 Å². The molecule has 1 rings (SSSR count). The summed E-state index contributed by atoms with van der Waals surface area (Å²) in [5.41, 5.74) is 1.22. The number of amides is 1. The van der Waals surface area contributed by atoms with Gasteiger partial charge in [-0.2, -0.15) is 0 Å². The van der Waals surface area contributed by atoms with E-state index in [1.54, 1.807) is 6.92 Å². The molecule has 0 aliphatic heterocycles. The second-order valence-corrected chi connectivity index (χ2v) is 5.94. The number of rotatable bonds is 7. The maximum Gasteiger partial charge on any atom is 0.306 e. The van der Waals surface area contributed by atoms with Crippen molar-refractivity contribution in [1.82, 2.24) is 5.32 Å². The summed E-state index contributed by atoms with van der Waals surface area (Å²) in [5, 5.41) is 11.6. The van der Waals surface area contributed by atoms with Crippen LogP contribution in [0.25, 0.3) is 0 Å². The third kappa shape index (κ3) is 4.67. The van der Waals surface area contributed by atoms with Crippen molar-refractivity contribution in [3.63, 3.8) is 0 Å². The molecule has 0 radical (unpaired) electrons. The minimum Gasteiger partial charge on any atom is -0.481 e. The van der Waals surface area contributed by atoms with E-state index in [2.05, 4.69) is 12.2 Å². The van der Waals surface area contributed by atoms with Crippen LogP contribution in [0.4, 0.5) is 0 Å². The lowest BCUT2D eigenvalue weighted by Gasteiger charge is -2.06. The number of aryl methyl sites for hydroxylation is 2. The first kappa shape index (κ1) is 15.7. The van der Waals surface area contributed by atoms with Crippen LogP contribution in [0.5, 0.6) is 0 Å². The van der Waals surface area contributed by atoms with Gasteiger partial charge in [-0.3, -0.25) is 9.59 Å². The molecule has 1 aromatic rings. The number of carboxylic acids is 1. The Bertz CT molecular complexity index is 454. The molecule has 0 fully saturated rings. The summed E-state index contributed by atoms with van der Waals surface area (Å²) in [6.07, 6.45) is 2.20. The number of carbonyl (C=O) groups excluding carboxylic acids is 1. The van der Waals surface area contributed by atoms with Crippen molar-refractivity contribution in [2.45, 2.75) is 40.0 Å². The molecule has 0 saturated carbocycles. The molecule has 0 aromatic carbocycles. The van der Waals surface area contributed by atoms with Gasteiger partial charge in [0.1, 0.15) is 0 Å². The third-order valence-electron chi connectivity index (χ3n) is 3.15. The maximum atomic E-state index is 11.9. The molecule has 0 aliphatic rings. The number of hydrogen-bond acceptors (Lipinski definition) is 3. The molecule has 1 aromatic heterocycles. The number of thiophene rings is 1. The fourth-order valence-corrected chi connectivity index (χ4v) is 2.83. The van der Waals surface area contributed by atoms with Crippen molar-refractivity contribution in [2.75, 3.05) is 6.54 Å². The Balaban J connectivity index is 2.37. The smallest absolute Gasteiger partial charge is 0.306 e. The molecule has 106 valence electrons. The van der Waals surface area contributed by atoms with E-state index in [9.17, 15) is 9.59 Å². The maximum absolute atomic E-state index is 11.9. The van der Waals surface area contributed by atoms with Crippen LogP contribution in [0.2, 0.25) is 0 Å². The number of nitrogens with one attached hydrogen (secondary N) is 1. The van der Waals surface area contributed by atoms with Gasteiger partial charge in [0.25, 0.3) is 5.91 Å². The van der Waals surface area contributed by atoms with E-state index in [0.717, 1.165) is 11.3 Å². The van der Waals surface area contributed by atoms with Gasteiger partial charge >= 0.3 is 5.97 Å². The predicted octanol–water partition coefficient (Wildman–Crippen LogP) is 2.85. The average Bonchev–Trinajstić information content (AvgIpc) is 2.75. The van der Waals surface area contributed by atoms with Crippen molar-refractivity contribution in [3.05, 3.63) is 21.4 Å². The highest BCUT2D eigenvalue weighted by Crippen LogP contribution is 2.21. The van der Waals surface area contributed by atoms with E-state index >= 15 is 0 Å². The van der Waals surface area contributed by atoms with Crippen molar-refractivity contribution in [2.24, 2.45) is 5.92 Å². The Labute approximate surface area is 117 Å². The number of aliphatic carboxylic acids is 1. The standard InChI is InChI=1S/C14H21NO3S/c1-4-11-8-12(19-10(11)3)13(16)15-7-5-6-9(2)14(17)18/h8-9H,4-7H2,1-3H3,(H,15,16)(H,17,18). The van der Waals surface area contributed by atoms with Crippen LogP contribution in [0.15, 0.2) is 6.07 Å². The van der Waals surface area contributed by atoms with Gasteiger partial charge in [0.2, 0.25) is 0 Å². The van der Waals surface area contributed by atoms with Crippen LogP contribution in [0, 0.1) is 12.8 Å². The van der Waals surface area contributed by atoms with Crippen LogP contribution < -0.4 is 5.32 Å². The van der Waals surface area contributed by atoms with Gasteiger partial charge in [-0.1, -0.05) is 13.8 Å². The first-order chi connectivity index (χ1) is 8.95. The second kappa shape index (κ2) is 7.28. The molecular weight excluding hydrogens is 262 g/mol. The minimum atomic E-state index is -0.784. The summed E-state index contributed by atoms with van der Waals surface area (Å²) in [6.45, 7) is 6.30. The Hall–Kier alpha value is -1.36. The summed E-state index contributed by atoms with van der Waals surface area (Å²) >= 11 is 1.51. The highest BCUT2D eigenvalue weighted by atomic mass is 32.1. The lowest BCUT2D eigenvalue weighted by molar-refractivity contribution is -0.141. The lowest BCUT2D eigenvalue weighted by atomic mass is 10.1. The molecule has 1 heterocycles. The predicted molar refractivity (Wildman–Crippen MR) is 76.8 cm³/mol. The number of carbonyl (C=O) groups is 2. The zero-order valence-corrected chi connectivity index (χ0v) is 12.5. The molecule has 2 N–H and O–H groups in total. The van der Waals surface area contributed by atoms with Gasteiger partial charge in [0, 0.05) is 11.4 Å². The summed E-state index contributed by atoms with van der Waals surface area (Å²) in [4.78, 5) is 24.4. The minimum absolute atomic E-state index is 0.0595. The quantitative estimate of drug-likeness (QED) is 0.756. The van der Waals surface area contributed by atoms with Gasteiger partial charge < -0.3 is 10.4 Å². The molecule has 0 saturated heterocycles. The summed E-state index contributed by atoms with van der Waals surface area (Å²) in [5.74, 6) is -1.20. The molecule has 4 nitrogen and oxygen atoms in total. The largest absolute Gasteiger partial charge is 0.481 e. The third-order valence-corrected chi connectivity index (χ3v) is 4.24. The highest BCUT2D eigenvalue weighted by molar-refractivity contribution is 7.14. The molecule has 0 spiro atoms. The van der Waals surface area contributed by atoms with Crippen LogP contribution >= 0.6 is 11.3 Å². The molecule has 1 amide bonds. The first-order valence-corrected chi connectivity index (χ1v) is 7.37. The molecule has 5 heteroatoms. The lowest BCUT2D eigenvalue weighted by Crippen LogP contribution is -2.24. The topological polar surface area (TPSA) is 66.4 Å². The fourth-order valence-electron chi connectivity index (χ4n) is 1.80. The molecule has 19 heavy (non-hydrogen) atoms. The van der Waals surface area contributed by atoms with E-state index in [1.807, 2.05) is 13.0 Å². The Morgan fingerprint density at radius 2 is 2.16 bits per heavy atom. The normalized spacial score (nSPS) is 12.2. The van der Waals surface area contributed by atoms with E-state index in [-0.39, 0.29) is 11.8 Å². The Morgan fingerprint density at radius 3 is 2.68 bits per heavy atom. The van der Waals surface area contributed by atoms with Gasteiger partial charge in [-0.05, 0) is 37.8 Å². The summed E-state index contributed by atoms with van der Waals surface area (Å²) in [7, 11) is 0. The number of hydrogen-bond donors (Lipinski definition) is 2. The Morgan fingerprint density at radius 1 is 1.47 bits per heavy atom. The van der Waals surface area contributed by atoms with E-state index < -0.39 is 5.97 Å². The monoisotopic (exact) mass is 283 g/mol. The average molecular weight is 283 g/mol. The van der Waals surface area contributed by atoms with Crippen molar-refractivity contribution >= 4 is 23.2 Å². The number of carboxylic acid groups (broad SMARTS) is 1. The summed E-state index contributed by atoms with van der Waals surface area (Å²) in [6, 6.07) is 1.94. The van der Waals surface area contributed by atoms with Crippen LogP contribution in [-0.4, -0.2) is 23.5 Å². The molecule has 1 atom stereocenters. The van der Waals surface area contributed by atoms with Crippen LogP contribution in [0.1, 0.15) is 46.8 Å². The Kier molecular flexibility index (Phi) is 6.02.